The maximum absolute atomic E-state index is 12.8. The highest BCUT2D eigenvalue weighted by Gasteiger charge is 2.23. The molecule has 1 amide bonds. The van der Waals surface area contributed by atoms with Crippen LogP contribution in [-0.4, -0.2) is 54.0 Å². The average Bonchev–Trinajstić information content (AvgIpc) is 3.12. The lowest BCUT2D eigenvalue weighted by Crippen LogP contribution is -2.48. The molecule has 0 radical (unpaired) electrons. The zero-order valence-electron chi connectivity index (χ0n) is 15.2. The zero-order chi connectivity index (χ0) is 18.8. The fraction of sp³-hybridized carbons (Fsp3) is 0.286. The third kappa shape index (κ3) is 3.94. The van der Waals surface area contributed by atoms with Crippen molar-refractivity contribution in [3.63, 3.8) is 0 Å². The van der Waals surface area contributed by atoms with Gasteiger partial charge in [0.15, 0.2) is 0 Å². The van der Waals surface area contributed by atoms with Gasteiger partial charge in [0.05, 0.1) is 7.11 Å². The molecule has 1 fully saturated rings. The normalized spacial score (nSPS) is 15.3. The summed E-state index contributed by atoms with van der Waals surface area (Å²) in [6, 6.07) is 15.6. The van der Waals surface area contributed by atoms with Crippen molar-refractivity contribution in [2.75, 3.05) is 33.3 Å². The Morgan fingerprint density at radius 1 is 1.07 bits per heavy atom. The second-order valence-corrected chi connectivity index (χ2v) is 7.27. The van der Waals surface area contributed by atoms with Crippen LogP contribution in [0.3, 0.4) is 0 Å². The Balaban J connectivity index is 1.36. The second-order valence-electron chi connectivity index (χ2n) is 6.83. The number of rotatable bonds is 4. The summed E-state index contributed by atoms with van der Waals surface area (Å²) in [6.45, 7) is 4.07. The van der Waals surface area contributed by atoms with Crippen LogP contribution in [0.1, 0.15) is 16.1 Å². The predicted octanol–water partition coefficient (Wildman–Crippen LogP) is 3.79. The molecular weight excluding hydrogens is 362 g/mol. The highest BCUT2D eigenvalue weighted by Crippen LogP contribution is 2.21. The van der Waals surface area contributed by atoms with Gasteiger partial charge in [-0.3, -0.25) is 9.69 Å². The third-order valence-corrected chi connectivity index (χ3v) is 5.27. The van der Waals surface area contributed by atoms with Gasteiger partial charge in [-0.15, -0.1) is 0 Å². The van der Waals surface area contributed by atoms with Gasteiger partial charge < -0.3 is 14.6 Å². The van der Waals surface area contributed by atoms with E-state index >= 15 is 0 Å². The summed E-state index contributed by atoms with van der Waals surface area (Å²) >= 11 is 6.03. The molecule has 1 aromatic heterocycles. The number of hydrogen-bond donors (Lipinski definition) is 1. The van der Waals surface area contributed by atoms with Gasteiger partial charge in [-0.2, -0.15) is 0 Å². The van der Waals surface area contributed by atoms with E-state index in [4.69, 9.17) is 16.3 Å². The quantitative estimate of drug-likeness (QED) is 0.745. The van der Waals surface area contributed by atoms with Gasteiger partial charge in [-0.1, -0.05) is 23.7 Å². The van der Waals surface area contributed by atoms with Crippen molar-refractivity contribution in [3.05, 3.63) is 64.8 Å². The highest BCUT2D eigenvalue weighted by atomic mass is 35.5. The SMILES string of the molecule is COc1ccc(CN2CCN(C(=O)c3cc4cc(Cl)ccc4[nH]3)CC2)cc1. The van der Waals surface area contributed by atoms with Crippen LogP contribution in [0.25, 0.3) is 10.9 Å². The summed E-state index contributed by atoms with van der Waals surface area (Å²) in [4.78, 5) is 20.3. The monoisotopic (exact) mass is 383 g/mol. The summed E-state index contributed by atoms with van der Waals surface area (Å²) in [5.41, 5.74) is 2.81. The van der Waals surface area contributed by atoms with E-state index in [1.54, 1.807) is 7.11 Å². The molecule has 0 aliphatic carbocycles. The maximum Gasteiger partial charge on any atom is 0.270 e. The van der Waals surface area contributed by atoms with E-state index in [0.29, 0.717) is 10.7 Å². The first-order valence-corrected chi connectivity index (χ1v) is 9.43. The van der Waals surface area contributed by atoms with Gasteiger partial charge in [0.1, 0.15) is 11.4 Å². The minimum atomic E-state index is 0.0476. The number of aromatic nitrogens is 1. The molecule has 0 spiro atoms. The molecule has 1 N–H and O–H groups in total. The van der Waals surface area contributed by atoms with Crippen LogP contribution in [0.5, 0.6) is 5.75 Å². The Labute approximate surface area is 163 Å². The Morgan fingerprint density at radius 2 is 1.81 bits per heavy atom. The fourth-order valence-electron chi connectivity index (χ4n) is 3.49. The number of H-pyrrole nitrogens is 1. The van der Waals surface area contributed by atoms with Crippen molar-refractivity contribution in [2.24, 2.45) is 0 Å². The predicted molar refractivity (Wildman–Crippen MR) is 107 cm³/mol. The standard InChI is InChI=1S/C21H22ClN3O2/c1-27-18-5-2-15(3-6-18)14-24-8-10-25(11-9-24)21(26)20-13-16-12-17(22)4-7-19(16)23-20/h2-7,12-13,23H,8-11,14H2,1H3. The van der Waals surface area contributed by atoms with Gasteiger partial charge >= 0.3 is 0 Å². The number of piperazine rings is 1. The number of benzene rings is 2. The molecule has 140 valence electrons. The zero-order valence-corrected chi connectivity index (χ0v) is 16.0. The van der Waals surface area contributed by atoms with Gasteiger partial charge in [-0.25, -0.2) is 0 Å². The van der Waals surface area contributed by atoms with Gasteiger partial charge in [0.2, 0.25) is 0 Å². The fourth-order valence-corrected chi connectivity index (χ4v) is 3.67. The molecule has 3 aromatic rings. The second kappa shape index (κ2) is 7.62. The highest BCUT2D eigenvalue weighted by molar-refractivity contribution is 6.31. The number of carbonyl (C=O) groups excluding carboxylic acids is 1. The van der Waals surface area contributed by atoms with Crippen molar-refractivity contribution in [1.82, 2.24) is 14.8 Å². The minimum absolute atomic E-state index is 0.0476. The Kier molecular flexibility index (Phi) is 5.05. The number of nitrogens with zero attached hydrogens (tertiary/aromatic N) is 2. The Morgan fingerprint density at radius 3 is 2.52 bits per heavy atom. The molecule has 0 unspecified atom stereocenters. The number of carbonyl (C=O) groups is 1. The Hall–Kier alpha value is -2.50. The summed E-state index contributed by atoms with van der Waals surface area (Å²) in [6.07, 6.45) is 0. The molecule has 27 heavy (non-hydrogen) atoms. The summed E-state index contributed by atoms with van der Waals surface area (Å²) < 4.78 is 5.20. The first-order chi connectivity index (χ1) is 13.1. The largest absolute Gasteiger partial charge is 0.497 e. The average molecular weight is 384 g/mol. The van der Waals surface area contributed by atoms with E-state index in [-0.39, 0.29) is 5.91 Å². The summed E-state index contributed by atoms with van der Waals surface area (Å²) in [5, 5.41) is 1.64. The molecule has 0 bridgehead atoms. The van der Waals surface area contributed by atoms with Crippen LogP contribution in [0.15, 0.2) is 48.5 Å². The van der Waals surface area contributed by atoms with Crippen LogP contribution < -0.4 is 4.74 Å². The molecule has 6 heteroatoms. The van der Waals surface area contributed by atoms with Crippen molar-refractivity contribution in [1.29, 1.82) is 0 Å². The van der Waals surface area contributed by atoms with Crippen LogP contribution in [0.4, 0.5) is 0 Å². The molecule has 0 atom stereocenters. The first-order valence-electron chi connectivity index (χ1n) is 9.05. The molecule has 2 heterocycles. The molecule has 5 nitrogen and oxygen atoms in total. The number of amides is 1. The number of fused-ring (bicyclic) bond motifs is 1. The van der Waals surface area contributed by atoms with E-state index in [2.05, 4.69) is 22.0 Å². The lowest BCUT2D eigenvalue weighted by atomic mass is 10.2. The number of hydrogen-bond acceptors (Lipinski definition) is 3. The van der Waals surface area contributed by atoms with Crippen LogP contribution in [-0.2, 0) is 6.54 Å². The van der Waals surface area contributed by atoms with Crippen molar-refractivity contribution in [3.8, 4) is 5.75 Å². The van der Waals surface area contributed by atoms with E-state index < -0.39 is 0 Å². The van der Waals surface area contributed by atoms with Crippen LogP contribution in [0.2, 0.25) is 5.02 Å². The summed E-state index contributed by atoms with van der Waals surface area (Å²) in [7, 11) is 1.67. The first kappa shape index (κ1) is 17.9. The molecule has 1 aliphatic heterocycles. The number of halogens is 1. The number of aromatic amines is 1. The Bertz CT molecular complexity index is 944. The van der Waals surface area contributed by atoms with Crippen molar-refractivity contribution < 1.29 is 9.53 Å². The van der Waals surface area contributed by atoms with E-state index in [1.807, 2.05) is 41.3 Å². The minimum Gasteiger partial charge on any atom is -0.497 e. The van der Waals surface area contributed by atoms with Crippen LogP contribution in [0, 0.1) is 0 Å². The van der Waals surface area contributed by atoms with Crippen molar-refractivity contribution >= 4 is 28.4 Å². The molecular formula is C21H22ClN3O2. The lowest BCUT2D eigenvalue weighted by Gasteiger charge is -2.34. The van der Waals surface area contributed by atoms with Crippen LogP contribution >= 0.6 is 11.6 Å². The van der Waals surface area contributed by atoms with Gasteiger partial charge in [0.25, 0.3) is 5.91 Å². The van der Waals surface area contributed by atoms with E-state index in [9.17, 15) is 4.79 Å². The molecule has 0 saturated carbocycles. The topological polar surface area (TPSA) is 48.6 Å². The van der Waals surface area contributed by atoms with Crippen molar-refractivity contribution in [2.45, 2.75) is 6.54 Å². The smallest absolute Gasteiger partial charge is 0.270 e. The number of nitrogens with one attached hydrogen (secondary N) is 1. The van der Waals surface area contributed by atoms with E-state index in [0.717, 1.165) is 49.4 Å². The summed E-state index contributed by atoms with van der Waals surface area (Å²) in [5.74, 6) is 0.917. The molecule has 1 aliphatic rings. The third-order valence-electron chi connectivity index (χ3n) is 5.04. The van der Waals surface area contributed by atoms with E-state index in [1.165, 1.54) is 5.56 Å². The van der Waals surface area contributed by atoms with Gasteiger partial charge in [0, 0.05) is 48.6 Å². The molecule has 1 saturated heterocycles. The lowest BCUT2D eigenvalue weighted by molar-refractivity contribution is 0.0623. The molecule has 2 aromatic carbocycles. The molecule has 4 rings (SSSR count). The maximum atomic E-state index is 12.8. The number of methoxy groups -OCH3 is 1. The van der Waals surface area contributed by atoms with Gasteiger partial charge in [-0.05, 0) is 42.0 Å². The number of ether oxygens (including phenoxy) is 1.